The summed E-state index contributed by atoms with van der Waals surface area (Å²) in [5, 5.41) is 0. The van der Waals surface area contributed by atoms with Gasteiger partial charge >= 0.3 is 6.18 Å². The molecule has 1 aliphatic rings. The van der Waals surface area contributed by atoms with Crippen LogP contribution >= 0.6 is 0 Å². The molecular formula is C14H18F3N. The molecule has 0 amide bonds. The first-order valence-corrected chi connectivity index (χ1v) is 6.35. The molecule has 1 nitrogen and oxygen atoms in total. The molecule has 0 fully saturated rings. The second-order valence-electron chi connectivity index (χ2n) is 5.11. The molecule has 0 heterocycles. The average Bonchev–Trinajstić information content (AvgIpc) is 2.70. The van der Waals surface area contributed by atoms with E-state index in [1.54, 1.807) is 0 Å². The van der Waals surface area contributed by atoms with Crippen molar-refractivity contribution in [2.24, 2.45) is 11.7 Å². The number of hydrogen-bond acceptors (Lipinski definition) is 1. The molecule has 4 heteroatoms. The maximum absolute atomic E-state index is 12.1. The quantitative estimate of drug-likeness (QED) is 0.878. The first-order chi connectivity index (χ1) is 8.46. The van der Waals surface area contributed by atoms with Crippen molar-refractivity contribution in [2.45, 2.75) is 44.3 Å². The van der Waals surface area contributed by atoms with Gasteiger partial charge in [0.05, 0.1) is 0 Å². The van der Waals surface area contributed by atoms with E-state index in [9.17, 15) is 13.2 Å². The number of nitrogens with two attached hydrogens (primary N) is 1. The lowest BCUT2D eigenvalue weighted by molar-refractivity contribution is -0.135. The predicted molar refractivity (Wildman–Crippen MR) is 65.2 cm³/mol. The molecule has 0 aliphatic heterocycles. The zero-order valence-corrected chi connectivity index (χ0v) is 10.2. The normalized spacial score (nSPS) is 17.8. The molecule has 1 atom stereocenters. The molecular weight excluding hydrogens is 239 g/mol. The Morgan fingerprint density at radius 2 is 1.72 bits per heavy atom. The Kier molecular flexibility index (Phi) is 3.95. The number of alkyl halides is 3. The molecule has 1 unspecified atom stereocenters. The second-order valence-corrected chi connectivity index (χ2v) is 5.11. The number of fused-ring (bicyclic) bond motifs is 1. The van der Waals surface area contributed by atoms with Gasteiger partial charge in [0.25, 0.3) is 0 Å². The highest BCUT2D eigenvalue weighted by Gasteiger charge is 2.29. The van der Waals surface area contributed by atoms with Crippen LogP contribution in [0.25, 0.3) is 0 Å². The van der Waals surface area contributed by atoms with E-state index < -0.39 is 12.6 Å². The van der Waals surface area contributed by atoms with Gasteiger partial charge in [0.2, 0.25) is 0 Å². The van der Waals surface area contributed by atoms with Crippen molar-refractivity contribution in [1.82, 2.24) is 0 Å². The highest BCUT2D eigenvalue weighted by molar-refractivity contribution is 5.32. The fraction of sp³-hybridized carbons (Fsp3) is 0.571. The van der Waals surface area contributed by atoms with E-state index in [2.05, 4.69) is 12.1 Å². The van der Waals surface area contributed by atoms with Crippen molar-refractivity contribution in [1.29, 1.82) is 0 Å². The summed E-state index contributed by atoms with van der Waals surface area (Å²) in [6.07, 6.45) is -2.37. The smallest absolute Gasteiger partial charge is 0.327 e. The first kappa shape index (κ1) is 13.4. The van der Waals surface area contributed by atoms with E-state index in [1.807, 2.05) is 12.1 Å². The molecule has 2 N–H and O–H groups in total. The highest BCUT2D eigenvalue weighted by Crippen LogP contribution is 2.30. The molecule has 0 saturated carbocycles. The maximum atomic E-state index is 12.1. The van der Waals surface area contributed by atoms with Crippen LogP contribution in [0.4, 0.5) is 13.2 Å². The lowest BCUT2D eigenvalue weighted by atomic mass is 9.93. The minimum atomic E-state index is -4.06. The molecule has 0 bridgehead atoms. The lowest BCUT2D eigenvalue weighted by Crippen LogP contribution is -2.30. The van der Waals surface area contributed by atoms with Gasteiger partial charge in [0.15, 0.2) is 0 Å². The van der Waals surface area contributed by atoms with Crippen LogP contribution in [0.2, 0.25) is 0 Å². The zero-order chi connectivity index (χ0) is 13.2. The van der Waals surface area contributed by atoms with Crippen molar-refractivity contribution < 1.29 is 13.2 Å². The number of rotatable bonds is 4. The third-order valence-corrected chi connectivity index (χ3v) is 3.69. The molecule has 100 valence electrons. The minimum Gasteiger partial charge on any atom is -0.327 e. The molecule has 1 aromatic rings. The van der Waals surface area contributed by atoms with Gasteiger partial charge in [-0.1, -0.05) is 24.3 Å². The van der Waals surface area contributed by atoms with Crippen LogP contribution in [-0.2, 0) is 12.8 Å². The standard InChI is InChI=1S/C14H18F3N/c15-14(16,17)7-3-6-13(18)12-8-10-4-1-2-5-11(10)9-12/h1-2,4-5,12-13H,3,6-9,18H2. The molecule has 1 aliphatic carbocycles. The van der Waals surface area contributed by atoms with Crippen molar-refractivity contribution >= 4 is 0 Å². The summed E-state index contributed by atoms with van der Waals surface area (Å²) in [6, 6.07) is 8.03. The van der Waals surface area contributed by atoms with Gasteiger partial charge in [-0.05, 0) is 42.7 Å². The van der Waals surface area contributed by atoms with Crippen LogP contribution in [0.5, 0.6) is 0 Å². The molecule has 0 spiro atoms. The van der Waals surface area contributed by atoms with Crippen LogP contribution < -0.4 is 5.73 Å². The molecule has 18 heavy (non-hydrogen) atoms. The molecule has 0 saturated heterocycles. The van der Waals surface area contributed by atoms with Crippen LogP contribution in [0.1, 0.15) is 30.4 Å². The SMILES string of the molecule is NC(CCCC(F)(F)F)C1Cc2ccccc2C1. The summed E-state index contributed by atoms with van der Waals surface area (Å²) >= 11 is 0. The van der Waals surface area contributed by atoms with E-state index in [4.69, 9.17) is 5.73 Å². The summed E-state index contributed by atoms with van der Waals surface area (Å²) in [4.78, 5) is 0. The maximum Gasteiger partial charge on any atom is 0.389 e. The molecule has 1 aromatic carbocycles. The van der Waals surface area contributed by atoms with Crippen LogP contribution in [0, 0.1) is 5.92 Å². The topological polar surface area (TPSA) is 26.0 Å². The number of hydrogen-bond donors (Lipinski definition) is 1. The average molecular weight is 257 g/mol. The largest absolute Gasteiger partial charge is 0.389 e. The van der Waals surface area contributed by atoms with E-state index >= 15 is 0 Å². The Balaban J connectivity index is 1.81. The van der Waals surface area contributed by atoms with Crippen LogP contribution in [0.3, 0.4) is 0 Å². The number of halogens is 3. The van der Waals surface area contributed by atoms with Gasteiger partial charge in [-0.25, -0.2) is 0 Å². The summed E-state index contributed by atoms with van der Waals surface area (Å²) in [7, 11) is 0. The Bertz CT molecular complexity index is 375. The van der Waals surface area contributed by atoms with Crippen LogP contribution in [0.15, 0.2) is 24.3 Å². The van der Waals surface area contributed by atoms with Gasteiger partial charge in [-0.15, -0.1) is 0 Å². The van der Waals surface area contributed by atoms with Crippen molar-refractivity contribution in [3.8, 4) is 0 Å². The summed E-state index contributed by atoms with van der Waals surface area (Å²) in [5.41, 5.74) is 8.62. The predicted octanol–water partition coefficient (Wildman–Crippen LogP) is 3.46. The summed E-state index contributed by atoms with van der Waals surface area (Å²) in [5.74, 6) is 0.302. The Morgan fingerprint density at radius 3 is 2.22 bits per heavy atom. The van der Waals surface area contributed by atoms with Crippen molar-refractivity contribution in [3.05, 3.63) is 35.4 Å². The fourth-order valence-corrected chi connectivity index (χ4v) is 2.67. The minimum absolute atomic E-state index is 0.125. The van der Waals surface area contributed by atoms with Crippen molar-refractivity contribution in [2.75, 3.05) is 0 Å². The summed E-state index contributed by atoms with van der Waals surface area (Å²) in [6.45, 7) is 0. The molecule has 0 radical (unpaired) electrons. The molecule has 0 aromatic heterocycles. The highest BCUT2D eigenvalue weighted by atomic mass is 19.4. The summed E-state index contributed by atoms with van der Waals surface area (Å²) < 4.78 is 36.2. The Labute approximate surface area is 105 Å². The van der Waals surface area contributed by atoms with Crippen LogP contribution in [-0.4, -0.2) is 12.2 Å². The van der Waals surface area contributed by atoms with Gasteiger partial charge in [-0.3, -0.25) is 0 Å². The first-order valence-electron chi connectivity index (χ1n) is 6.35. The van der Waals surface area contributed by atoms with Gasteiger partial charge in [0.1, 0.15) is 0 Å². The Hall–Kier alpha value is -1.03. The number of benzene rings is 1. The van der Waals surface area contributed by atoms with E-state index in [0.29, 0.717) is 12.3 Å². The third kappa shape index (κ3) is 3.48. The third-order valence-electron chi connectivity index (χ3n) is 3.69. The van der Waals surface area contributed by atoms with E-state index in [-0.39, 0.29) is 12.5 Å². The van der Waals surface area contributed by atoms with Gasteiger partial charge < -0.3 is 5.73 Å². The van der Waals surface area contributed by atoms with E-state index in [1.165, 1.54) is 11.1 Å². The zero-order valence-electron chi connectivity index (χ0n) is 10.2. The van der Waals surface area contributed by atoms with Gasteiger partial charge in [-0.2, -0.15) is 13.2 Å². The van der Waals surface area contributed by atoms with E-state index in [0.717, 1.165) is 12.8 Å². The lowest BCUT2D eigenvalue weighted by Gasteiger charge is -2.19. The fourth-order valence-electron chi connectivity index (χ4n) is 2.67. The Morgan fingerprint density at radius 1 is 1.17 bits per heavy atom. The van der Waals surface area contributed by atoms with Crippen molar-refractivity contribution in [3.63, 3.8) is 0 Å². The van der Waals surface area contributed by atoms with Gasteiger partial charge in [0, 0.05) is 12.5 Å². The second kappa shape index (κ2) is 5.31. The molecule has 2 rings (SSSR count). The monoisotopic (exact) mass is 257 g/mol.